The molecule has 0 unspecified atom stereocenters. The minimum absolute atomic E-state index is 0. The number of hydrogen-bond acceptors (Lipinski definition) is 3. The second kappa shape index (κ2) is 16.9. The average Bonchev–Trinajstić information content (AvgIpc) is 3.66. The monoisotopic (exact) mass is 1000 g/mol. The van der Waals surface area contributed by atoms with Crippen molar-refractivity contribution in [2.45, 2.75) is 98.3 Å². The Bertz CT molecular complexity index is 3210. The summed E-state index contributed by atoms with van der Waals surface area (Å²) in [7, 11) is 0. The van der Waals surface area contributed by atoms with Crippen molar-refractivity contribution in [3.05, 3.63) is 168 Å². The van der Waals surface area contributed by atoms with Crippen LogP contribution in [0.2, 0.25) is 0 Å². The number of hydrogen-bond donors (Lipinski definition) is 1. The molecule has 0 atom stereocenters. The number of aromatic hydroxyl groups is 1. The van der Waals surface area contributed by atoms with Gasteiger partial charge in [-0.2, -0.15) is 0 Å². The fourth-order valence-electron chi connectivity index (χ4n) is 7.81. The molecule has 2 aromatic heterocycles. The summed E-state index contributed by atoms with van der Waals surface area (Å²) in [4.78, 5) is 10.3. The predicted molar refractivity (Wildman–Crippen MR) is 257 cm³/mol. The first-order valence-electron chi connectivity index (χ1n) is 24.0. The maximum Gasteiger partial charge on any atom is 0.148 e. The quantitative estimate of drug-likeness (QED) is 0.162. The van der Waals surface area contributed by atoms with Gasteiger partial charge in [-0.25, -0.2) is 4.98 Å². The summed E-state index contributed by atoms with van der Waals surface area (Å²) < 4.78 is 53.6. The second-order valence-corrected chi connectivity index (χ2v) is 19.4. The molecule has 8 rings (SSSR count). The molecule has 0 radical (unpaired) electrons. The van der Waals surface area contributed by atoms with Crippen LogP contribution in [0, 0.1) is 6.07 Å². The molecule has 0 amide bonds. The van der Waals surface area contributed by atoms with Crippen molar-refractivity contribution in [3.8, 4) is 67.5 Å². The third-order valence-corrected chi connectivity index (χ3v) is 11.4. The van der Waals surface area contributed by atoms with Gasteiger partial charge < -0.3 is 5.11 Å². The first kappa shape index (κ1) is 37.0. The van der Waals surface area contributed by atoms with E-state index in [1.807, 2.05) is 56.3 Å². The van der Waals surface area contributed by atoms with E-state index in [4.69, 9.17) is 16.8 Å². The normalized spacial score (nSPS) is 13.7. The van der Waals surface area contributed by atoms with Gasteiger partial charge in [0, 0.05) is 45.6 Å². The zero-order chi connectivity index (χ0) is 48.7. The Morgan fingerprint density at radius 1 is 0.645 bits per heavy atom. The summed E-state index contributed by atoms with van der Waals surface area (Å²) in [6.45, 7) is 23.1. The molecule has 6 aromatic carbocycles. The van der Waals surface area contributed by atoms with Crippen LogP contribution in [-0.4, -0.2) is 19.6 Å². The largest absolute Gasteiger partial charge is 0.507 e. The zero-order valence-electron chi connectivity index (χ0n) is 43.5. The molecule has 1 N–H and O–H groups in total. The van der Waals surface area contributed by atoms with Gasteiger partial charge in [0.2, 0.25) is 0 Å². The van der Waals surface area contributed by atoms with Gasteiger partial charge in [-0.15, -0.1) is 29.3 Å². The van der Waals surface area contributed by atoms with Crippen LogP contribution in [0.3, 0.4) is 0 Å². The molecule has 0 aliphatic heterocycles. The van der Waals surface area contributed by atoms with Crippen molar-refractivity contribution in [2.24, 2.45) is 0 Å². The molecule has 2 heterocycles. The number of para-hydroxylation sites is 1. The van der Waals surface area contributed by atoms with E-state index >= 15 is 0 Å². The van der Waals surface area contributed by atoms with E-state index in [0.717, 1.165) is 55.7 Å². The molecule has 4 nitrogen and oxygen atoms in total. The molecule has 62 heavy (non-hydrogen) atoms. The molecule has 5 heteroatoms. The smallest absolute Gasteiger partial charge is 0.148 e. The summed E-state index contributed by atoms with van der Waals surface area (Å²) in [5, 5.41) is 12.5. The van der Waals surface area contributed by atoms with Gasteiger partial charge in [0.1, 0.15) is 11.6 Å². The van der Waals surface area contributed by atoms with E-state index in [2.05, 4.69) is 121 Å². The van der Waals surface area contributed by atoms with E-state index < -0.39 is 29.4 Å². The summed E-state index contributed by atoms with van der Waals surface area (Å²) in [6.07, 6.45) is 1.59. The Kier molecular flexibility index (Phi) is 10.1. The summed E-state index contributed by atoms with van der Waals surface area (Å²) in [5.74, 6) is -0.232. The summed E-state index contributed by atoms with van der Waals surface area (Å²) >= 11 is 0. The van der Waals surface area contributed by atoms with Crippen LogP contribution in [0.1, 0.15) is 113 Å². The fourth-order valence-corrected chi connectivity index (χ4v) is 7.81. The molecule has 8 aromatic rings. The van der Waals surface area contributed by atoms with Gasteiger partial charge in [-0.3, -0.25) is 9.55 Å². The van der Waals surface area contributed by atoms with Crippen LogP contribution >= 0.6 is 0 Å². The molecule has 318 valence electrons. The molecule has 0 fully saturated rings. The van der Waals surface area contributed by atoms with Gasteiger partial charge >= 0.3 is 0 Å². The van der Waals surface area contributed by atoms with Crippen molar-refractivity contribution in [1.82, 2.24) is 14.5 Å². The number of imidazole rings is 1. The van der Waals surface area contributed by atoms with Gasteiger partial charge in [-0.1, -0.05) is 178 Å². The number of phenolic OH excluding ortho intramolecular Hbond substituents is 1. The van der Waals surface area contributed by atoms with Gasteiger partial charge in [-0.05, 0) is 85.9 Å². The molecule has 0 saturated heterocycles. The van der Waals surface area contributed by atoms with Crippen molar-refractivity contribution >= 4 is 11.0 Å². The topological polar surface area (TPSA) is 50.9 Å². The van der Waals surface area contributed by atoms with E-state index in [9.17, 15) is 6.48 Å². The molecule has 0 spiro atoms. The Morgan fingerprint density at radius 2 is 1.32 bits per heavy atom. The minimum atomic E-state index is -0.943. The standard InChI is InChI=1S/C57H58N3O.Pt/c1-36(2)40-27-41(38-21-16-13-17-22-38)32-46(31-40)60-51-24-18-23-47(52(51)59-54(60)48-34-45(56(6,7)8)35-49(53(48)61)57(9,10)11)42-28-43(30-44(29-42)55(3,4)5)50-33-39(25-26-58-50)37-19-14-12-15-20-37;/h12-27,29-36,61H,1-11H3;/q-1;/i12D,14D,15D,19D,20D,36D;. The number of phenols is 1. The van der Waals surface area contributed by atoms with Crippen molar-refractivity contribution < 1.29 is 34.4 Å². The molecule has 0 aliphatic carbocycles. The zero-order valence-corrected chi connectivity index (χ0v) is 39.8. The van der Waals surface area contributed by atoms with E-state index in [-0.39, 0.29) is 55.3 Å². The molecule has 0 bridgehead atoms. The predicted octanol–water partition coefficient (Wildman–Crippen LogP) is 15.3. The third kappa shape index (κ3) is 8.86. The number of rotatable bonds is 7. The second-order valence-electron chi connectivity index (χ2n) is 19.4. The molecule has 0 saturated carbocycles. The third-order valence-electron chi connectivity index (χ3n) is 11.4. The Morgan fingerprint density at radius 3 is 1.98 bits per heavy atom. The first-order chi connectivity index (χ1) is 31.2. The number of aromatic nitrogens is 3. The SMILES string of the molecule is [2H]c1c([2H])c([2H])c(-c2ccnc(-c3[c-]c(-c4cccc5c4nc(-c4cc(C(C)(C)C)cc(C(C)(C)C)c4O)n5-c4cc(-c5ccccc5)cc(C([2H])(C)C)c4)cc(C(C)(C)C)c3)c2)c([2H])c1[2H].[Pt]. The Hall–Kier alpha value is -5.57. The van der Waals surface area contributed by atoms with Crippen LogP contribution in [0.15, 0.2) is 140 Å². The van der Waals surface area contributed by atoms with Crippen LogP contribution in [0.5, 0.6) is 5.75 Å². The van der Waals surface area contributed by atoms with E-state index in [1.165, 1.54) is 0 Å². The average molecular weight is 1000 g/mol. The van der Waals surface area contributed by atoms with Crippen LogP contribution in [0.4, 0.5) is 0 Å². The molecular formula is C57H58N3OPt-. The maximum absolute atomic E-state index is 12.5. The van der Waals surface area contributed by atoms with Crippen LogP contribution in [-0.2, 0) is 37.3 Å². The maximum atomic E-state index is 12.5. The number of pyridine rings is 1. The first-order valence-corrected chi connectivity index (χ1v) is 21.0. The van der Waals surface area contributed by atoms with Crippen molar-refractivity contribution in [3.63, 3.8) is 0 Å². The van der Waals surface area contributed by atoms with E-state index in [0.29, 0.717) is 33.7 Å². The summed E-state index contributed by atoms with van der Waals surface area (Å²) in [6, 6.07) is 36.2. The van der Waals surface area contributed by atoms with Crippen molar-refractivity contribution in [1.29, 1.82) is 0 Å². The summed E-state index contributed by atoms with van der Waals surface area (Å²) in [5.41, 5.74) is 10.9. The van der Waals surface area contributed by atoms with E-state index in [1.54, 1.807) is 18.3 Å². The number of fused-ring (bicyclic) bond motifs is 1. The number of benzene rings is 6. The van der Waals surface area contributed by atoms with Gasteiger partial charge in [0.25, 0.3) is 0 Å². The van der Waals surface area contributed by atoms with Crippen LogP contribution < -0.4 is 0 Å². The minimum Gasteiger partial charge on any atom is -0.507 e. The van der Waals surface area contributed by atoms with Crippen molar-refractivity contribution in [2.75, 3.05) is 0 Å². The molecule has 0 aliphatic rings. The van der Waals surface area contributed by atoms with Gasteiger partial charge in [0.05, 0.1) is 23.5 Å². The Balaban J connectivity index is 0.00000684. The Labute approximate surface area is 391 Å². The number of nitrogens with zero attached hydrogens (tertiary/aromatic N) is 3. The van der Waals surface area contributed by atoms with Crippen LogP contribution in [0.25, 0.3) is 72.7 Å². The molecular weight excluding hydrogens is 938 g/mol. The van der Waals surface area contributed by atoms with Gasteiger partial charge in [0.15, 0.2) is 0 Å². The fraction of sp³-hybridized carbons (Fsp3) is 0.263.